The number of benzene rings is 3. The molecule has 0 spiro atoms. The summed E-state index contributed by atoms with van der Waals surface area (Å²) in [4.78, 5) is 35.6. The average molecular weight is 492 g/mol. The highest BCUT2D eigenvalue weighted by Gasteiger charge is 2.20. The van der Waals surface area contributed by atoms with Crippen LogP contribution in [0, 0.1) is 0 Å². The van der Waals surface area contributed by atoms with Crippen LogP contribution in [0.15, 0.2) is 72.8 Å². The van der Waals surface area contributed by atoms with Crippen LogP contribution in [0.4, 0.5) is 5.69 Å². The number of amides is 1. The van der Waals surface area contributed by atoms with Crippen molar-refractivity contribution in [3.63, 3.8) is 0 Å². The molecule has 3 rings (SSSR count). The van der Waals surface area contributed by atoms with E-state index in [0.717, 1.165) is 30.2 Å². The molecule has 8 heteroatoms. The molecule has 0 bridgehead atoms. The summed E-state index contributed by atoms with van der Waals surface area (Å²) in [6, 6.07) is 20.4. The van der Waals surface area contributed by atoms with E-state index in [9.17, 15) is 24.6 Å². The number of carboxylic acid groups (broad SMARTS) is 2. The second-order valence-electron chi connectivity index (χ2n) is 8.15. The summed E-state index contributed by atoms with van der Waals surface area (Å²) in [5, 5.41) is 21.1. The summed E-state index contributed by atoms with van der Waals surface area (Å²) in [5.41, 5.74) is 0.455. The van der Waals surface area contributed by atoms with Gasteiger partial charge < -0.3 is 25.0 Å². The number of aromatic carboxylic acids is 2. The first-order valence-corrected chi connectivity index (χ1v) is 11.7. The largest absolute Gasteiger partial charge is 0.494 e. The topological polar surface area (TPSA) is 122 Å². The molecule has 0 aliphatic carbocycles. The lowest BCUT2D eigenvalue weighted by atomic mass is 9.95. The molecule has 3 aromatic carbocycles. The van der Waals surface area contributed by atoms with Crippen molar-refractivity contribution >= 4 is 23.5 Å². The van der Waals surface area contributed by atoms with E-state index >= 15 is 0 Å². The molecule has 36 heavy (non-hydrogen) atoms. The Balaban J connectivity index is 1.52. The van der Waals surface area contributed by atoms with Crippen molar-refractivity contribution in [1.82, 2.24) is 0 Å². The SMILES string of the molecule is CCC(C(=O)Nc1cc(C(=O)O)cc(C(=O)O)c1)c1ccc(OCCCCOc2ccccc2)cc1. The summed E-state index contributed by atoms with van der Waals surface area (Å²) in [6.45, 7) is 3.02. The normalized spacial score (nSPS) is 11.4. The number of ether oxygens (including phenoxy) is 2. The molecule has 8 nitrogen and oxygen atoms in total. The predicted octanol–water partition coefficient (Wildman–Crippen LogP) is 5.45. The predicted molar refractivity (Wildman–Crippen MR) is 135 cm³/mol. The van der Waals surface area contributed by atoms with Gasteiger partial charge in [-0.1, -0.05) is 37.3 Å². The average Bonchev–Trinajstić information content (AvgIpc) is 2.87. The number of carbonyl (C=O) groups is 3. The van der Waals surface area contributed by atoms with Crippen LogP contribution in [-0.4, -0.2) is 41.3 Å². The van der Waals surface area contributed by atoms with E-state index in [-0.39, 0.29) is 22.7 Å². The first-order chi connectivity index (χ1) is 17.4. The molecule has 0 fully saturated rings. The van der Waals surface area contributed by atoms with Crippen molar-refractivity contribution in [3.8, 4) is 11.5 Å². The van der Waals surface area contributed by atoms with Crippen LogP contribution in [0.25, 0.3) is 0 Å². The molecule has 3 aromatic rings. The van der Waals surface area contributed by atoms with Crippen molar-refractivity contribution in [2.24, 2.45) is 0 Å². The third kappa shape index (κ3) is 7.59. The number of unbranched alkanes of at least 4 members (excludes halogenated alkanes) is 1. The van der Waals surface area contributed by atoms with Crippen molar-refractivity contribution < 1.29 is 34.1 Å². The Bertz CT molecular complexity index is 1140. The molecular formula is C28H29NO7. The first-order valence-electron chi connectivity index (χ1n) is 11.7. The maximum absolute atomic E-state index is 12.9. The zero-order valence-corrected chi connectivity index (χ0v) is 20.0. The number of nitrogens with one attached hydrogen (secondary N) is 1. The highest BCUT2D eigenvalue weighted by atomic mass is 16.5. The molecule has 1 unspecified atom stereocenters. The van der Waals surface area contributed by atoms with Crippen LogP contribution < -0.4 is 14.8 Å². The van der Waals surface area contributed by atoms with Crippen molar-refractivity contribution in [2.75, 3.05) is 18.5 Å². The lowest BCUT2D eigenvalue weighted by Crippen LogP contribution is -2.21. The van der Waals surface area contributed by atoms with Gasteiger partial charge in [-0.25, -0.2) is 9.59 Å². The van der Waals surface area contributed by atoms with Gasteiger partial charge in [0, 0.05) is 5.69 Å². The van der Waals surface area contributed by atoms with Crippen LogP contribution in [-0.2, 0) is 4.79 Å². The molecule has 0 saturated carbocycles. The van der Waals surface area contributed by atoms with Crippen LogP contribution in [0.2, 0.25) is 0 Å². The second kappa shape index (κ2) is 12.9. The Morgan fingerprint density at radius 1 is 0.778 bits per heavy atom. The Morgan fingerprint density at radius 2 is 1.31 bits per heavy atom. The molecule has 0 heterocycles. The Kier molecular flexibility index (Phi) is 9.45. The molecule has 0 aliphatic heterocycles. The highest BCUT2D eigenvalue weighted by molar-refractivity contribution is 6.00. The Labute approximate surface area is 209 Å². The summed E-state index contributed by atoms with van der Waals surface area (Å²) >= 11 is 0. The number of anilines is 1. The van der Waals surface area contributed by atoms with Crippen LogP contribution in [0.1, 0.15) is 58.4 Å². The smallest absolute Gasteiger partial charge is 0.335 e. The third-order valence-corrected chi connectivity index (χ3v) is 5.52. The molecule has 0 aromatic heterocycles. The standard InChI is InChI=1S/C28H29NO7/c1-2-25(26(30)29-22-17-20(27(31)32)16-21(18-22)28(33)34)19-10-12-24(13-11-19)36-15-7-6-14-35-23-8-4-3-5-9-23/h3-5,8-13,16-18,25H,2,6-7,14-15H2,1H3,(H,29,30)(H,31,32)(H,33,34). The molecule has 0 saturated heterocycles. The number of para-hydroxylation sites is 1. The number of hydrogen-bond donors (Lipinski definition) is 3. The zero-order chi connectivity index (χ0) is 25.9. The maximum atomic E-state index is 12.9. The summed E-state index contributed by atoms with van der Waals surface area (Å²) in [6.07, 6.45) is 2.19. The molecule has 188 valence electrons. The van der Waals surface area contributed by atoms with E-state index in [4.69, 9.17) is 9.47 Å². The second-order valence-corrected chi connectivity index (χ2v) is 8.15. The fourth-order valence-electron chi connectivity index (χ4n) is 3.65. The molecule has 3 N–H and O–H groups in total. The van der Waals surface area contributed by atoms with Crippen LogP contribution in [0.5, 0.6) is 11.5 Å². The van der Waals surface area contributed by atoms with E-state index < -0.39 is 17.9 Å². The lowest BCUT2D eigenvalue weighted by Gasteiger charge is -2.17. The summed E-state index contributed by atoms with van der Waals surface area (Å²) < 4.78 is 11.4. The highest BCUT2D eigenvalue weighted by Crippen LogP contribution is 2.25. The van der Waals surface area contributed by atoms with Crippen molar-refractivity contribution in [3.05, 3.63) is 89.5 Å². The van der Waals surface area contributed by atoms with Gasteiger partial charge in [0.05, 0.1) is 30.3 Å². The summed E-state index contributed by atoms with van der Waals surface area (Å²) in [5.74, 6) is -1.88. The van der Waals surface area contributed by atoms with Crippen LogP contribution >= 0.6 is 0 Å². The van der Waals surface area contributed by atoms with Gasteiger partial charge in [-0.05, 0) is 67.3 Å². The first kappa shape index (κ1) is 26.3. The van der Waals surface area contributed by atoms with Gasteiger partial charge in [0.15, 0.2) is 0 Å². The fourth-order valence-corrected chi connectivity index (χ4v) is 3.65. The minimum absolute atomic E-state index is 0.118. The molecule has 0 radical (unpaired) electrons. The van der Waals surface area contributed by atoms with Crippen molar-refractivity contribution in [1.29, 1.82) is 0 Å². The monoisotopic (exact) mass is 491 g/mol. The zero-order valence-electron chi connectivity index (χ0n) is 20.0. The summed E-state index contributed by atoms with van der Waals surface area (Å²) in [7, 11) is 0. The van der Waals surface area contributed by atoms with Gasteiger partial charge in [-0.3, -0.25) is 4.79 Å². The van der Waals surface area contributed by atoms with Gasteiger partial charge in [0.25, 0.3) is 0 Å². The van der Waals surface area contributed by atoms with E-state index in [0.29, 0.717) is 25.4 Å². The number of rotatable bonds is 13. The molecular weight excluding hydrogens is 462 g/mol. The van der Waals surface area contributed by atoms with Crippen LogP contribution in [0.3, 0.4) is 0 Å². The van der Waals surface area contributed by atoms with E-state index in [1.54, 1.807) is 12.1 Å². The maximum Gasteiger partial charge on any atom is 0.335 e. The Hall–Kier alpha value is -4.33. The minimum Gasteiger partial charge on any atom is -0.494 e. The molecule has 1 atom stereocenters. The minimum atomic E-state index is -1.28. The molecule has 1 amide bonds. The van der Waals surface area contributed by atoms with E-state index in [1.807, 2.05) is 49.4 Å². The lowest BCUT2D eigenvalue weighted by molar-refractivity contribution is -0.117. The quantitative estimate of drug-likeness (QED) is 0.272. The van der Waals surface area contributed by atoms with Gasteiger partial charge >= 0.3 is 11.9 Å². The van der Waals surface area contributed by atoms with E-state index in [2.05, 4.69) is 5.32 Å². The Morgan fingerprint density at radius 3 is 1.81 bits per heavy atom. The van der Waals surface area contributed by atoms with Gasteiger partial charge in [0.2, 0.25) is 5.91 Å². The van der Waals surface area contributed by atoms with Gasteiger partial charge in [-0.15, -0.1) is 0 Å². The number of carboxylic acids is 2. The number of carbonyl (C=O) groups excluding carboxylic acids is 1. The fraction of sp³-hybridized carbons (Fsp3) is 0.250. The molecule has 0 aliphatic rings. The van der Waals surface area contributed by atoms with E-state index in [1.165, 1.54) is 12.1 Å². The number of hydrogen-bond acceptors (Lipinski definition) is 5. The third-order valence-electron chi connectivity index (χ3n) is 5.52. The van der Waals surface area contributed by atoms with Crippen molar-refractivity contribution in [2.45, 2.75) is 32.1 Å². The van der Waals surface area contributed by atoms with Gasteiger partial charge in [0.1, 0.15) is 11.5 Å². The van der Waals surface area contributed by atoms with Gasteiger partial charge in [-0.2, -0.15) is 0 Å².